The fraction of sp³-hybridized carbons (Fsp3) is 0.632. The van der Waals surface area contributed by atoms with E-state index in [1.807, 2.05) is 18.2 Å². The summed E-state index contributed by atoms with van der Waals surface area (Å²) in [6, 6.07) is 5.59. The van der Waals surface area contributed by atoms with Crippen LogP contribution in [-0.2, 0) is 11.2 Å². The van der Waals surface area contributed by atoms with Gasteiger partial charge in [0.2, 0.25) is 0 Å². The molecule has 0 heterocycles. The summed E-state index contributed by atoms with van der Waals surface area (Å²) >= 11 is 0. The molecule has 2 N–H and O–H groups in total. The van der Waals surface area contributed by atoms with Crippen LogP contribution in [-0.4, -0.2) is 5.97 Å². The van der Waals surface area contributed by atoms with Crippen LogP contribution in [0.2, 0.25) is 0 Å². The monoisotopic (exact) mass is 305 g/mol. The number of esters is 1. The molecule has 1 aromatic carbocycles. The average molecular weight is 305 g/mol. The van der Waals surface area contributed by atoms with E-state index in [1.165, 1.54) is 32.1 Å². The molecule has 0 amide bonds. The van der Waals surface area contributed by atoms with Crippen molar-refractivity contribution in [2.75, 3.05) is 5.73 Å². The van der Waals surface area contributed by atoms with Gasteiger partial charge in [-0.1, -0.05) is 58.4 Å². The van der Waals surface area contributed by atoms with Crippen LogP contribution in [0.4, 0.5) is 5.69 Å². The van der Waals surface area contributed by atoms with E-state index in [9.17, 15) is 4.79 Å². The summed E-state index contributed by atoms with van der Waals surface area (Å²) in [5.41, 5.74) is 7.79. The summed E-state index contributed by atoms with van der Waals surface area (Å²) in [4.78, 5) is 11.8. The van der Waals surface area contributed by atoms with Gasteiger partial charge in [0.05, 0.1) is 0 Å². The molecular weight excluding hydrogens is 274 g/mol. The maximum atomic E-state index is 11.8. The number of unbranched alkanes of at least 4 members (excludes halogenated alkanes) is 6. The summed E-state index contributed by atoms with van der Waals surface area (Å²) in [5, 5.41) is 0. The highest BCUT2D eigenvalue weighted by atomic mass is 16.5. The highest BCUT2D eigenvalue weighted by molar-refractivity contribution is 5.73. The van der Waals surface area contributed by atoms with Crippen molar-refractivity contribution < 1.29 is 9.53 Å². The molecule has 0 spiro atoms. The number of ether oxygens (including phenoxy) is 1. The molecule has 0 saturated heterocycles. The molecule has 0 radical (unpaired) electrons. The number of nitrogen functional groups attached to an aromatic ring is 1. The van der Waals surface area contributed by atoms with Crippen LogP contribution in [0, 0.1) is 0 Å². The minimum atomic E-state index is -0.156. The van der Waals surface area contributed by atoms with Crippen molar-refractivity contribution in [2.45, 2.75) is 78.1 Å². The number of hydrogen-bond donors (Lipinski definition) is 1. The molecule has 124 valence electrons. The molecule has 1 rings (SSSR count). The lowest BCUT2D eigenvalue weighted by atomic mass is 10.0. The number of carbonyl (C=O) groups is 1. The maximum Gasteiger partial charge on any atom is 0.311 e. The SMILES string of the molecule is CCCCCCCCc1c(N)cccc1OC(=O)CCCC. The van der Waals surface area contributed by atoms with Crippen LogP contribution in [0.1, 0.15) is 77.2 Å². The van der Waals surface area contributed by atoms with E-state index < -0.39 is 0 Å². The maximum absolute atomic E-state index is 11.8. The van der Waals surface area contributed by atoms with Crippen molar-refractivity contribution in [1.29, 1.82) is 0 Å². The van der Waals surface area contributed by atoms with Crippen molar-refractivity contribution in [2.24, 2.45) is 0 Å². The van der Waals surface area contributed by atoms with Gasteiger partial charge in [0, 0.05) is 17.7 Å². The van der Waals surface area contributed by atoms with Crippen molar-refractivity contribution in [3.05, 3.63) is 23.8 Å². The first-order chi connectivity index (χ1) is 10.7. The molecule has 3 heteroatoms. The van der Waals surface area contributed by atoms with Crippen molar-refractivity contribution >= 4 is 11.7 Å². The molecule has 3 nitrogen and oxygen atoms in total. The summed E-state index contributed by atoms with van der Waals surface area (Å²) in [5.74, 6) is 0.492. The fourth-order valence-corrected chi connectivity index (χ4v) is 2.52. The molecule has 0 aliphatic rings. The van der Waals surface area contributed by atoms with Gasteiger partial charge in [-0.25, -0.2) is 0 Å². The lowest BCUT2D eigenvalue weighted by Gasteiger charge is -2.12. The first-order valence-electron chi connectivity index (χ1n) is 8.77. The molecular formula is C19H31NO2. The third-order valence-corrected chi connectivity index (χ3v) is 3.91. The number of carbonyl (C=O) groups excluding carboxylic acids is 1. The van der Waals surface area contributed by atoms with E-state index in [2.05, 4.69) is 13.8 Å². The number of benzene rings is 1. The Labute approximate surface area is 135 Å². The Balaban J connectivity index is 2.52. The first kappa shape index (κ1) is 18.5. The van der Waals surface area contributed by atoms with Gasteiger partial charge in [0.1, 0.15) is 5.75 Å². The standard InChI is InChI=1S/C19H31NO2/c1-3-5-7-8-9-10-12-16-17(20)13-11-14-18(16)22-19(21)15-6-4-2/h11,13-14H,3-10,12,15,20H2,1-2H3. The molecule has 0 saturated carbocycles. The van der Waals surface area contributed by atoms with Crippen molar-refractivity contribution in [1.82, 2.24) is 0 Å². The average Bonchev–Trinajstić information content (AvgIpc) is 2.51. The smallest absolute Gasteiger partial charge is 0.311 e. The number of anilines is 1. The van der Waals surface area contributed by atoms with E-state index in [0.29, 0.717) is 12.2 Å². The lowest BCUT2D eigenvalue weighted by molar-refractivity contribution is -0.134. The topological polar surface area (TPSA) is 52.3 Å². The van der Waals surface area contributed by atoms with Gasteiger partial charge in [0.15, 0.2) is 0 Å². The molecule has 1 aromatic rings. The highest BCUT2D eigenvalue weighted by Crippen LogP contribution is 2.27. The summed E-state index contributed by atoms with van der Waals surface area (Å²) in [6.45, 7) is 4.29. The minimum Gasteiger partial charge on any atom is -0.426 e. The molecule has 0 bridgehead atoms. The van der Waals surface area contributed by atoms with E-state index in [4.69, 9.17) is 10.5 Å². The lowest BCUT2D eigenvalue weighted by Crippen LogP contribution is -2.10. The molecule has 0 aliphatic carbocycles. The van der Waals surface area contributed by atoms with Gasteiger partial charge in [-0.2, -0.15) is 0 Å². The van der Waals surface area contributed by atoms with Crippen molar-refractivity contribution in [3.63, 3.8) is 0 Å². The van der Waals surface area contributed by atoms with Crippen LogP contribution in [0.5, 0.6) is 5.75 Å². The zero-order valence-corrected chi connectivity index (χ0v) is 14.2. The summed E-state index contributed by atoms with van der Waals surface area (Å²) < 4.78 is 5.51. The highest BCUT2D eigenvalue weighted by Gasteiger charge is 2.11. The van der Waals surface area contributed by atoms with Crippen molar-refractivity contribution in [3.8, 4) is 5.75 Å². The third kappa shape index (κ3) is 6.97. The first-order valence-corrected chi connectivity index (χ1v) is 8.77. The van der Waals surface area contributed by atoms with Gasteiger partial charge in [-0.05, 0) is 31.4 Å². The second-order valence-electron chi connectivity index (χ2n) is 5.92. The quantitative estimate of drug-likeness (QED) is 0.262. The van der Waals surface area contributed by atoms with E-state index in [1.54, 1.807) is 0 Å². The van der Waals surface area contributed by atoms with Crippen LogP contribution in [0.25, 0.3) is 0 Å². The van der Waals surface area contributed by atoms with Gasteiger partial charge < -0.3 is 10.5 Å². The Morgan fingerprint density at radius 3 is 2.41 bits per heavy atom. The zero-order chi connectivity index (χ0) is 16.2. The van der Waals surface area contributed by atoms with Gasteiger partial charge in [-0.3, -0.25) is 4.79 Å². The number of hydrogen-bond acceptors (Lipinski definition) is 3. The third-order valence-electron chi connectivity index (χ3n) is 3.91. The van der Waals surface area contributed by atoms with Gasteiger partial charge in [-0.15, -0.1) is 0 Å². The van der Waals surface area contributed by atoms with Gasteiger partial charge in [0.25, 0.3) is 0 Å². The Morgan fingerprint density at radius 1 is 1.00 bits per heavy atom. The predicted octanol–water partition coefficient (Wildman–Crippen LogP) is 5.27. The van der Waals surface area contributed by atoms with Crippen LogP contribution >= 0.6 is 0 Å². The minimum absolute atomic E-state index is 0.156. The molecule has 0 aromatic heterocycles. The Hall–Kier alpha value is -1.51. The van der Waals surface area contributed by atoms with Crippen LogP contribution in [0.3, 0.4) is 0 Å². The molecule has 0 fully saturated rings. The number of rotatable bonds is 11. The van der Waals surface area contributed by atoms with E-state index in [-0.39, 0.29) is 5.97 Å². The van der Waals surface area contributed by atoms with Gasteiger partial charge >= 0.3 is 5.97 Å². The Morgan fingerprint density at radius 2 is 1.68 bits per heavy atom. The van der Waals surface area contributed by atoms with Crippen LogP contribution in [0.15, 0.2) is 18.2 Å². The molecule has 0 unspecified atom stereocenters. The summed E-state index contributed by atoms with van der Waals surface area (Å²) in [6.07, 6.45) is 10.7. The van der Waals surface area contributed by atoms with Crippen LogP contribution < -0.4 is 10.5 Å². The molecule has 0 aliphatic heterocycles. The van der Waals surface area contributed by atoms with E-state index >= 15 is 0 Å². The molecule has 22 heavy (non-hydrogen) atoms. The zero-order valence-electron chi connectivity index (χ0n) is 14.2. The Bertz CT molecular complexity index is 443. The summed E-state index contributed by atoms with van der Waals surface area (Å²) in [7, 11) is 0. The molecule has 0 atom stereocenters. The second-order valence-corrected chi connectivity index (χ2v) is 5.92. The normalized spacial score (nSPS) is 10.6. The number of nitrogens with two attached hydrogens (primary N) is 1. The second kappa shape index (κ2) is 11.1. The largest absolute Gasteiger partial charge is 0.426 e. The Kier molecular flexibility index (Phi) is 9.36. The fourth-order valence-electron chi connectivity index (χ4n) is 2.52. The van der Waals surface area contributed by atoms with E-state index in [0.717, 1.165) is 36.9 Å². The predicted molar refractivity (Wildman–Crippen MR) is 93.1 cm³/mol.